The number of alkyl halides is 3. The Morgan fingerprint density at radius 3 is 2.67 bits per heavy atom. The van der Waals surface area contributed by atoms with Gasteiger partial charge in [0.05, 0.1) is 0 Å². The topological polar surface area (TPSA) is 72.3 Å². The predicted molar refractivity (Wildman–Crippen MR) is 88.2 cm³/mol. The Bertz CT molecular complexity index is 1100. The zero-order chi connectivity index (χ0) is 19.0. The summed E-state index contributed by atoms with van der Waals surface area (Å²) in [6.45, 7) is -1.19. The van der Waals surface area contributed by atoms with Gasteiger partial charge >= 0.3 is 6.18 Å². The highest BCUT2D eigenvalue weighted by Gasteiger charge is 2.30. The van der Waals surface area contributed by atoms with E-state index in [1.165, 1.54) is 24.5 Å². The molecule has 0 spiro atoms. The second-order valence-corrected chi connectivity index (χ2v) is 5.85. The number of hydrogen-bond acceptors (Lipinski definition) is 4. The fraction of sp³-hybridized carbons (Fsp3) is 0.176. The molecule has 0 amide bonds. The maximum atomic E-state index is 13.3. The third-order valence-electron chi connectivity index (χ3n) is 3.85. The normalized spacial score (nSPS) is 12.0. The van der Waals surface area contributed by atoms with Crippen LogP contribution in [-0.2, 0) is 13.0 Å². The van der Waals surface area contributed by atoms with Gasteiger partial charge in [-0.05, 0) is 24.3 Å². The molecular weight excluding hydrogens is 364 g/mol. The molecule has 10 heteroatoms. The highest BCUT2D eigenvalue weighted by Crippen LogP contribution is 2.24. The molecule has 4 aromatic heterocycles. The van der Waals surface area contributed by atoms with Crippen molar-refractivity contribution in [2.45, 2.75) is 19.1 Å². The summed E-state index contributed by atoms with van der Waals surface area (Å²) in [5.74, 6) is -0.131. The van der Waals surface area contributed by atoms with Gasteiger partial charge in [-0.15, -0.1) is 0 Å². The van der Waals surface area contributed by atoms with E-state index >= 15 is 0 Å². The van der Waals surface area contributed by atoms with Crippen LogP contribution < -0.4 is 0 Å². The van der Waals surface area contributed by atoms with Gasteiger partial charge in [0.15, 0.2) is 11.5 Å². The Kier molecular flexibility index (Phi) is 4.09. The van der Waals surface area contributed by atoms with Crippen molar-refractivity contribution >= 4 is 11.2 Å². The molecule has 27 heavy (non-hydrogen) atoms. The van der Waals surface area contributed by atoms with Gasteiger partial charge in [-0.25, -0.2) is 19.9 Å². The molecular formula is C17H12F4N6. The van der Waals surface area contributed by atoms with Crippen molar-refractivity contribution in [3.8, 4) is 11.5 Å². The van der Waals surface area contributed by atoms with Crippen LogP contribution in [0, 0.1) is 5.95 Å². The molecule has 6 nitrogen and oxygen atoms in total. The molecule has 4 aromatic rings. The summed E-state index contributed by atoms with van der Waals surface area (Å²) in [5, 5.41) is 0. The maximum absolute atomic E-state index is 13.3. The Balaban J connectivity index is 1.69. The lowest BCUT2D eigenvalue weighted by Gasteiger charge is -2.10. The van der Waals surface area contributed by atoms with Crippen LogP contribution in [0.1, 0.15) is 11.5 Å². The van der Waals surface area contributed by atoms with E-state index in [1.807, 2.05) is 0 Å². The van der Waals surface area contributed by atoms with Gasteiger partial charge in [-0.2, -0.15) is 17.6 Å². The molecule has 0 aliphatic rings. The number of aromatic nitrogens is 6. The largest absolute Gasteiger partial charge is 0.406 e. The number of H-pyrrole nitrogens is 1. The van der Waals surface area contributed by atoms with Gasteiger partial charge in [-0.3, -0.25) is 0 Å². The maximum Gasteiger partial charge on any atom is 0.406 e. The van der Waals surface area contributed by atoms with E-state index in [4.69, 9.17) is 0 Å². The predicted octanol–water partition coefficient (Wildman–Crippen LogP) is 3.51. The minimum atomic E-state index is -4.41. The Labute approximate surface area is 149 Å². The quantitative estimate of drug-likeness (QED) is 0.437. The van der Waals surface area contributed by atoms with Gasteiger partial charge in [-0.1, -0.05) is 6.07 Å². The van der Waals surface area contributed by atoms with Crippen LogP contribution in [0.5, 0.6) is 0 Å². The van der Waals surface area contributed by atoms with Gasteiger partial charge < -0.3 is 9.55 Å². The molecule has 0 atom stereocenters. The number of imidazole rings is 2. The van der Waals surface area contributed by atoms with E-state index in [2.05, 4.69) is 24.9 Å². The highest BCUT2D eigenvalue weighted by atomic mass is 19.4. The molecule has 4 heterocycles. The molecule has 4 rings (SSSR count). The number of pyridine rings is 2. The lowest BCUT2D eigenvalue weighted by Crippen LogP contribution is -2.20. The van der Waals surface area contributed by atoms with Crippen LogP contribution in [0.4, 0.5) is 17.6 Å². The van der Waals surface area contributed by atoms with Gasteiger partial charge in [0.1, 0.15) is 23.6 Å². The molecule has 0 saturated heterocycles. The Morgan fingerprint density at radius 2 is 1.89 bits per heavy atom. The summed E-state index contributed by atoms with van der Waals surface area (Å²) in [6.07, 6.45) is -1.45. The summed E-state index contributed by atoms with van der Waals surface area (Å²) >= 11 is 0. The average Bonchev–Trinajstić information content (AvgIpc) is 3.20. The monoisotopic (exact) mass is 376 g/mol. The smallest absolute Gasteiger partial charge is 0.340 e. The van der Waals surface area contributed by atoms with Crippen molar-refractivity contribution in [3.63, 3.8) is 0 Å². The number of aromatic amines is 1. The molecule has 0 unspecified atom stereocenters. The van der Waals surface area contributed by atoms with Gasteiger partial charge in [0, 0.05) is 24.5 Å². The summed E-state index contributed by atoms with van der Waals surface area (Å²) in [5.41, 5.74) is 1.36. The van der Waals surface area contributed by atoms with Crippen LogP contribution in [0.3, 0.4) is 0 Å². The number of rotatable bonds is 4. The van der Waals surface area contributed by atoms with Crippen molar-refractivity contribution in [2.24, 2.45) is 0 Å². The third-order valence-corrected chi connectivity index (χ3v) is 3.85. The standard InChI is InChI=1S/C17H12F4N6/c18-13-5-1-3-11(25-13)15-23-8-10(24-15)7-14-26-12-4-2-6-22-16(12)27(14)9-17(19,20)21/h1-6,8H,7,9H2,(H,23,24). The van der Waals surface area contributed by atoms with Crippen LogP contribution >= 0.6 is 0 Å². The Hall–Kier alpha value is -3.30. The van der Waals surface area contributed by atoms with E-state index in [-0.39, 0.29) is 17.9 Å². The molecule has 0 saturated carbocycles. The number of hydrogen-bond donors (Lipinski definition) is 1. The molecule has 0 aliphatic heterocycles. The lowest BCUT2D eigenvalue weighted by molar-refractivity contribution is -0.140. The molecule has 0 aliphatic carbocycles. The fourth-order valence-electron chi connectivity index (χ4n) is 2.78. The molecule has 0 fully saturated rings. The molecule has 0 aromatic carbocycles. The summed E-state index contributed by atoms with van der Waals surface area (Å²) in [7, 11) is 0. The molecule has 1 N–H and O–H groups in total. The number of nitrogens with zero attached hydrogens (tertiary/aromatic N) is 5. The summed E-state index contributed by atoms with van der Waals surface area (Å²) in [6, 6.07) is 7.50. The average molecular weight is 376 g/mol. The second-order valence-electron chi connectivity index (χ2n) is 5.85. The van der Waals surface area contributed by atoms with E-state index in [0.717, 1.165) is 4.57 Å². The van der Waals surface area contributed by atoms with Crippen LogP contribution in [0.15, 0.2) is 42.7 Å². The summed E-state index contributed by atoms with van der Waals surface area (Å²) in [4.78, 5) is 19.1. The van der Waals surface area contributed by atoms with Crippen LogP contribution in [0.2, 0.25) is 0 Å². The lowest BCUT2D eigenvalue weighted by atomic mass is 10.3. The first-order valence-corrected chi connectivity index (χ1v) is 7.93. The first-order valence-electron chi connectivity index (χ1n) is 7.93. The minimum absolute atomic E-state index is 0.0781. The number of fused-ring (bicyclic) bond motifs is 1. The van der Waals surface area contributed by atoms with E-state index in [0.29, 0.717) is 22.7 Å². The van der Waals surface area contributed by atoms with Crippen LogP contribution in [0.25, 0.3) is 22.7 Å². The van der Waals surface area contributed by atoms with Gasteiger partial charge in [0.25, 0.3) is 0 Å². The van der Waals surface area contributed by atoms with E-state index in [1.54, 1.807) is 18.2 Å². The SMILES string of the molecule is Fc1cccc(-c2ncc(Cc3nc4cccnc4n3CC(F)(F)F)[nH]2)n1. The summed E-state index contributed by atoms with van der Waals surface area (Å²) < 4.78 is 53.3. The molecule has 0 radical (unpaired) electrons. The van der Waals surface area contributed by atoms with Crippen molar-refractivity contribution in [1.82, 2.24) is 29.5 Å². The van der Waals surface area contributed by atoms with Crippen molar-refractivity contribution in [1.29, 1.82) is 0 Å². The first kappa shape index (κ1) is 17.1. The van der Waals surface area contributed by atoms with Crippen molar-refractivity contribution in [2.75, 3.05) is 0 Å². The van der Waals surface area contributed by atoms with Crippen molar-refractivity contribution in [3.05, 3.63) is 60.2 Å². The molecule has 0 bridgehead atoms. The third kappa shape index (κ3) is 3.64. The Morgan fingerprint density at radius 1 is 1.04 bits per heavy atom. The first-order chi connectivity index (χ1) is 12.9. The molecule has 138 valence electrons. The zero-order valence-corrected chi connectivity index (χ0v) is 13.7. The highest BCUT2D eigenvalue weighted by molar-refractivity contribution is 5.71. The minimum Gasteiger partial charge on any atom is -0.340 e. The fourth-order valence-corrected chi connectivity index (χ4v) is 2.78. The van der Waals surface area contributed by atoms with Crippen LogP contribution in [-0.4, -0.2) is 35.7 Å². The van der Waals surface area contributed by atoms with Crippen molar-refractivity contribution < 1.29 is 17.6 Å². The number of nitrogens with one attached hydrogen (secondary N) is 1. The van der Waals surface area contributed by atoms with E-state index in [9.17, 15) is 17.6 Å². The zero-order valence-electron chi connectivity index (χ0n) is 13.7. The van der Waals surface area contributed by atoms with E-state index < -0.39 is 18.7 Å². The van der Waals surface area contributed by atoms with Gasteiger partial charge in [0.2, 0.25) is 5.95 Å². The second kappa shape index (κ2) is 6.45. The number of halogens is 4.